The monoisotopic (exact) mass is 289 g/mol. The third-order valence-electron chi connectivity index (χ3n) is 2.99. The average molecular weight is 290 g/mol. The molecule has 1 aromatic heterocycles. The van der Waals surface area contributed by atoms with E-state index in [0.717, 1.165) is 13.1 Å². The van der Waals surface area contributed by atoms with Crippen LogP contribution in [0.2, 0.25) is 10.0 Å². The highest BCUT2D eigenvalue weighted by Crippen LogP contribution is 2.28. The number of nitrogens with two attached hydrogens (primary N) is 1. The number of hydrogen-bond donors (Lipinski definition) is 3. The maximum atomic E-state index is 6.06. The number of halogens is 2. The number of rotatable bonds is 5. The van der Waals surface area contributed by atoms with Crippen molar-refractivity contribution in [3.8, 4) is 0 Å². The second kappa shape index (κ2) is 6.43. The molecule has 1 aliphatic rings. The lowest BCUT2D eigenvalue weighted by Gasteiger charge is -2.16. The summed E-state index contributed by atoms with van der Waals surface area (Å²) < 4.78 is 0. The fourth-order valence-electron chi connectivity index (χ4n) is 2.03. The predicted molar refractivity (Wildman–Crippen MR) is 76.2 cm³/mol. The van der Waals surface area contributed by atoms with Gasteiger partial charge in [0.1, 0.15) is 5.82 Å². The largest absolute Gasteiger partial charge is 0.367 e. The van der Waals surface area contributed by atoms with Gasteiger partial charge in [0.25, 0.3) is 0 Å². The van der Waals surface area contributed by atoms with Crippen molar-refractivity contribution in [3.63, 3.8) is 0 Å². The molecule has 0 unspecified atom stereocenters. The highest BCUT2D eigenvalue weighted by molar-refractivity contribution is 6.37. The minimum absolute atomic E-state index is 0.410. The summed E-state index contributed by atoms with van der Waals surface area (Å²) in [4.78, 5) is 6.64. The van der Waals surface area contributed by atoms with E-state index in [-0.39, 0.29) is 0 Å². The zero-order valence-electron chi connectivity index (χ0n) is 10.0. The molecule has 2 rings (SSSR count). The fraction of sp³-hybridized carbons (Fsp3) is 0.545. The first-order chi connectivity index (χ1) is 8.70. The minimum atomic E-state index is 0.410. The number of aromatic nitrogens is 1. The first-order valence-electron chi connectivity index (χ1n) is 5.99. The minimum Gasteiger partial charge on any atom is -0.367 e. The number of hydrazine groups is 1. The van der Waals surface area contributed by atoms with Gasteiger partial charge >= 0.3 is 0 Å². The second-order valence-electron chi connectivity index (χ2n) is 4.27. The molecule has 5 nitrogen and oxygen atoms in total. The molecule has 0 atom stereocenters. The molecule has 0 aliphatic carbocycles. The summed E-state index contributed by atoms with van der Waals surface area (Å²) in [5, 5.41) is 4.11. The van der Waals surface area contributed by atoms with Crippen LogP contribution >= 0.6 is 23.2 Å². The first kappa shape index (κ1) is 13.7. The van der Waals surface area contributed by atoms with Gasteiger partial charge in [-0.05, 0) is 32.0 Å². The van der Waals surface area contributed by atoms with Crippen molar-refractivity contribution in [1.29, 1.82) is 0 Å². The van der Waals surface area contributed by atoms with Gasteiger partial charge in [-0.2, -0.15) is 0 Å². The van der Waals surface area contributed by atoms with E-state index in [9.17, 15) is 0 Å². The van der Waals surface area contributed by atoms with E-state index in [1.807, 2.05) is 0 Å². The molecule has 1 fully saturated rings. The first-order valence-corrected chi connectivity index (χ1v) is 6.75. The van der Waals surface area contributed by atoms with Gasteiger partial charge in [0.05, 0.1) is 10.0 Å². The molecular formula is C11H17Cl2N5. The molecule has 0 aromatic carbocycles. The van der Waals surface area contributed by atoms with Gasteiger partial charge in [0, 0.05) is 13.1 Å². The van der Waals surface area contributed by atoms with Crippen molar-refractivity contribution < 1.29 is 0 Å². The SMILES string of the molecule is NNc1nc(NCCN2CCCC2)c(Cl)cc1Cl. The van der Waals surface area contributed by atoms with E-state index in [2.05, 4.69) is 20.6 Å². The van der Waals surface area contributed by atoms with E-state index in [1.54, 1.807) is 6.07 Å². The summed E-state index contributed by atoms with van der Waals surface area (Å²) >= 11 is 12.0. The van der Waals surface area contributed by atoms with Gasteiger partial charge in [0.15, 0.2) is 5.82 Å². The summed E-state index contributed by atoms with van der Waals surface area (Å²) in [6, 6.07) is 1.63. The molecule has 1 aliphatic heterocycles. The lowest BCUT2D eigenvalue weighted by atomic mass is 10.4. The van der Waals surface area contributed by atoms with Crippen molar-refractivity contribution in [3.05, 3.63) is 16.1 Å². The zero-order valence-corrected chi connectivity index (χ0v) is 11.6. The van der Waals surface area contributed by atoms with Gasteiger partial charge in [-0.1, -0.05) is 23.2 Å². The molecule has 2 heterocycles. The maximum absolute atomic E-state index is 6.06. The van der Waals surface area contributed by atoms with Crippen molar-refractivity contribution >= 4 is 34.8 Å². The van der Waals surface area contributed by atoms with Crippen LogP contribution in [-0.2, 0) is 0 Å². The quantitative estimate of drug-likeness (QED) is 0.573. The van der Waals surface area contributed by atoms with Crippen LogP contribution in [0, 0.1) is 0 Å². The molecule has 100 valence electrons. The maximum Gasteiger partial charge on any atom is 0.161 e. The Morgan fingerprint density at radius 1 is 1.22 bits per heavy atom. The second-order valence-corrected chi connectivity index (χ2v) is 5.08. The summed E-state index contributed by atoms with van der Waals surface area (Å²) in [5.41, 5.74) is 2.44. The van der Waals surface area contributed by atoms with Crippen molar-refractivity contribution in [2.75, 3.05) is 36.9 Å². The van der Waals surface area contributed by atoms with E-state index < -0.39 is 0 Å². The van der Waals surface area contributed by atoms with Gasteiger partial charge in [-0.3, -0.25) is 0 Å². The molecule has 0 amide bonds. The van der Waals surface area contributed by atoms with Gasteiger partial charge < -0.3 is 15.6 Å². The van der Waals surface area contributed by atoms with Gasteiger partial charge in [0.2, 0.25) is 0 Å². The van der Waals surface area contributed by atoms with Crippen LogP contribution in [0.15, 0.2) is 6.07 Å². The lowest BCUT2D eigenvalue weighted by molar-refractivity contribution is 0.352. The summed E-state index contributed by atoms with van der Waals surface area (Å²) in [6.07, 6.45) is 2.59. The lowest BCUT2D eigenvalue weighted by Crippen LogP contribution is -2.26. The third-order valence-corrected chi connectivity index (χ3v) is 3.56. The molecule has 1 aromatic rings. The molecule has 0 saturated carbocycles. The Bertz CT molecular complexity index is 407. The zero-order chi connectivity index (χ0) is 13.0. The van der Waals surface area contributed by atoms with Crippen molar-refractivity contribution in [1.82, 2.24) is 9.88 Å². The number of nitrogens with zero attached hydrogens (tertiary/aromatic N) is 2. The smallest absolute Gasteiger partial charge is 0.161 e. The van der Waals surface area contributed by atoms with Crippen molar-refractivity contribution in [2.24, 2.45) is 5.84 Å². The van der Waals surface area contributed by atoms with E-state index in [1.165, 1.54) is 25.9 Å². The van der Waals surface area contributed by atoms with E-state index in [4.69, 9.17) is 29.0 Å². The molecule has 4 N–H and O–H groups in total. The standard InChI is InChI=1S/C11H17Cl2N5/c12-8-7-9(13)11(17-14)16-10(8)15-3-6-18-4-1-2-5-18/h7H,1-6,14H2,(H2,15,16,17). The number of hydrogen-bond acceptors (Lipinski definition) is 5. The molecular weight excluding hydrogens is 273 g/mol. The van der Waals surface area contributed by atoms with Gasteiger partial charge in [-0.25, -0.2) is 10.8 Å². The molecule has 1 saturated heterocycles. The highest BCUT2D eigenvalue weighted by atomic mass is 35.5. The molecule has 7 heteroatoms. The summed E-state index contributed by atoms with van der Waals surface area (Å²) in [5.74, 6) is 6.35. The van der Waals surface area contributed by atoms with E-state index in [0.29, 0.717) is 21.7 Å². The summed E-state index contributed by atoms with van der Waals surface area (Å²) in [7, 11) is 0. The van der Waals surface area contributed by atoms with Crippen LogP contribution in [0.4, 0.5) is 11.6 Å². The van der Waals surface area contributed by atoms with Crippen molar-refractivity contribution in [2.45, 2.75) is 12.8 Å². The molecule has 0 radical (unpaired) electrons. The van der Waals surface area contributed by atoms with Gasteiger partial charge in [-0.15, -0.1) is 0 Å². The number of nitrogen functional groups attached to an aromatic ring is 1. The van der Waals surface area contributed by atoms with E-state index >= 15 is 0 Å². The fourth-order valence-corrected chi connectivity index (χ4v) is 2.51. The Hall–Kier alpha value is -0.750. The van der Waals surface area contributed by atoms with Crippen LogP contribution < -0.4 is 16.6 Å². The number of anilines is 2. The third kappa shape index (κ3) is 3.38. The molecule has 18 heavy (non-hydrogen) atoms. The number of nitrogens with one attached hydrogen (secondary N) is 2. The Kier molecular flexibility index (Phi) is 4.88. The number of likely N-dealkylation sites (tertiary alicyclic amines) is 1. The highest BCUT2D eigenvalue weighted by Gasteiger charge is 2.12. The normalized spacial score (nSPS) is 15.9. The average Bonchev–Trinajstić information content (AvgIpc) is 2.85. The van der Waals surface area contributed by atoms with Crippen LogP contribution in [0.5, 0.6) is 0 Å². The van der Waals surface area contributed by atoms with Crippen LogP contribution in [0.25, 0.3) is 0 Å². The number of pyridine rings is 1. The Morgan fingerprint density at radius 3 is 2.56 bits per heavy atom. The summed E-state index contributed by atoms with van der Waals surface area (Å²) in [6.45, 7) is 4.16. The molecule has 0 bridgehead atoms. The van der Waals surface area contributed by atoms with Crippen LogP contribution in [0.3, 0.4) is 0 Å². The Morgan fingerprint density at radius 2 is 1.89 bits per heavy atom. The Labute approximate surface area is 117 Å². The predicted octanol–water partition coefficient (Wildman–Crippen LogP) is 2.18. The van der Waals surface area contributed by atoms with Crippen LogP contribution in [0.1, 0.15) is 12.8 Å². The molecule has 0 spiro atoms. The van der Waals surface area contributed by atoms with Crippen LogP contribution in [-0.4, -0.2) is 36.1 Å². The topological polar surface area (TPSA) is 66.2 Å². The Balaban J connectivity index is 1.91.